The number of benzene rings is 1. The van der Waals surface area contributed by atoms with Gasteiger partial charge in [-0.3, -0.25) is 4.79 Å². The summed E-state index contributed by atoms with van der Waals surface area (Å²) in [7, 11) is 0. The summed E-state index contributed by atoms with van der Waals surface area (Å²) in [5.41, 5.74) is 0.844. The summed E-state index contributed by atoms with van der Waals surface area (Å²) >= 11 is 0. The van der Waals surface area contributed by atoms with Crippen LogP contribution in [-0.4, -0.2) is 16.7 Å². The SMILES string of the molecule is CC(CCCCC(C)c1ccc(O)cc1)C(=O)OC(C)(C)C. The van der Waals surface area contributed by atoms with Gasteiger partial charge in [-0.05, 0) is 57.2 Å². The van der Waals surface area contributed by atoms with Crippen LogP contribution >= 0.6 is 0 Å². The second-order valence-corrected chi connectivity index (χ2v) is 7.21. The van der Waals surface area contributed by atoms with Gasteiger partial charge in [0.15, 0.2) is 0 Å². The molecule has 1 aromatic carbocycles. The van der Waals surface area contributed by atoms with Gasteiger partial charge < -0.3 is 9.84 Å². The van der Waals surface area contributed by atoms with Crippen LogP contribution in [0.4, 0.5) is 0 Å². The number of carbonyl (C=O) groups excluding carboxylic acids is 1. The topological polar surface area (TPSA) is 46.5 Å². The largest absolute Gasteiger partial charge is 0.508 e. The molecule has 0 saturated heterocycles. The summed E-state index contributed by atoms with van der Waals surface area (Å²) in [6.45, 7) is 9.84. The highest BCUT2D eigenvalue weighted by molar-refractivity contribution is 5.72. The lowest BCUT2D eigenvalue weighted by atomic mass is 9.93. The fourth-order valence-corrected chi connectivity index (χ4v) is 2.39. The lowest BCUT2D eigenvalue weighted by molar-refractivity contribution is -0.159. The van der Waals surface area contributed by atoms with Gasteiger partial charge in [-0.2, -0.15) is 0 Å². The molecule has 0 aromatic heterocycles. The standard InChI is InChI=1S/C19H30O3/c1-14(16-10-12-17(20)13-11-16)8-6-7-9-15(2)18(21)22-19(3,4)5/h10-15,20H,6-9H2,1-5H3. The van der Waals surface area contributed by atoms with E-state index in [9.17, 15) is 9.90 Å². The molecule has 0 radical (unpaired) electrons. The molecule has 2 unspecified atom stereocenters. The molecule has 0 aliphatic carbocycles. The molecule has 0 spiro atoms. The molecule has 0 heterocycles. The van der Waals surface area contributed by atoms with E-state index in [2.05, 4.69) is 6.92 Å². The maximum atomic E-state index is 11.9. The van der Waals surface area contributed by atoms with Crippen molar-refractivity contribution >= 4 is 5.97 Å². The number of phenolic OH excluding ortho intramolecular Hbond substituents is 1. The predicted octanol–water partition coefficient (Wildman–Crippen LogP) is 5.03. The molecule has 3 nitrogen and oxygen atoms in total. The normalized spacial score (nSPS) is 14.4. The van der Waals surface area contributed by atoms with Crippen LogP contribution in [0.1, 0.15) is 71.8 Å². The van der Waals surface area contributed by atoms with Crippen molar-refractivity contribution < 1.29 is 14.6 Å². The molecule has 22 heavy (non-hydrogen) atoms. The van der Waals surface area contributed by atoms with Crippen molar-refractivity contribution in [3.63, 3.8) is 0 Å². The lowest BCUT2D eigenvalue weighted by Crippen LogP contribution is -2.27. The molecule has 124 valence electrons. The zero-order valence-electron chi connectivity index (χ0n) is 14.6. The first-order valence-corrected chi connectivity index (χ1v) is 8.21. The molecule has 0 saturated carbocycles. The van der Waals surface area contributed by atoms with Crippen molar-refractivity contribution in [3.8, 4) is 5.75 Å². The second-order valence-electron chi connectivity index (χ2n) is 7.21. The summed E-state index contributed by atoms with van der Waals surface area (Å²) in [5, 5.41) is 9.30. The van der Waals surface area contributed by atoms with E-state index in [1.54, 1.807) is 12.1 Å². The molecule has 0 aliphatic rings. The number of carbonyl (C=O) groups is 1. The van der Waals surface area contributed by atoms with Crippen molar-refractivity contribution in [2.45, 2.75) is 71.8 Å². The first-order valence-electron chi connectivity index (χ1n) is 8.21. The summed E-state index contributed by atoms with van der Waals surface area (Å²) in [6.07, 6.45) is 4.08. The number of hydrogen-bond acceptors (Lipinski definition) is 3. The highest BCUT2D eigenvalue weighted by atomic mass is 16.6. The minimum atomic E-state index is -0.404. The fourth-order valence-electron chi connectivity index (χ4n) is 2.39. The van der Waals surface area contributed by atoms with Crippen LogP contribution in [0.15, 0.2) is 24.3 Å². The molecule has 2 atom stereocenters. The third-order valence-corrected chi connectivity index (χ3v) is 3.80. The van der Waals surface area contributed by atoms with E-state index < -0.39 is 5.60 Å². The molecule has 0 amide bonds. The molecule has 1 N–H and O–H groups in total. The zero-order chi connectivity index (χ0) is 16.8. The van der Waals surface area contributed by atoms with Crippen LogP contribution in [0.2, 0.25) is 0 Å². The summed E-state index contributed by atoms with van der Waals surface area (Å²) in [6, 6.07) is 7.42. The van der Waals surface area contributed by atoms with Crippen molar-refractivity contribution in [1.29, 1.82) is 0 Å². The Hall–Kier alpha value is -1.51. The monoisotopic (exact) mass is 306 g/mol. The van der Waals surface area contributed by atoms with Crippen LogP contribution in [-0.2, 0) is 9.53 Å². The number of esters is 1. The quantitative estimate of drug-likeness (QED) is 0.567. The highest BCUT2D eigenvalue weighted by Gasteiger charge is 2.21. The molecular weight excluding hydrogens is 276 g/mol. The molecule has 3 heteroatoms. The van der Waals surface area contributed by atoms with Gasteiger partial charge in [0.05, 0.1) is 5.92 Å². The van der Waals surface area contributed by atoms with Crippen molar-refractivity contribution in [3.05, 3.63) is 29.8 Å². The van der Waals surface area contributed by atoms with E-state index in [4.69, 9.17) is 4.74 Å². The van der Waals surface area contributed by atoms with Gasteiger partial charge in [-0.25, -0.2) is 0 Å². The Balaban J connectivity index is 2.27. The van der Waals surface area contributed by atoms with Gasteiger partial charge in [-0.15, -0.1) is 0 Å². The van der Waals surface area contributed by atoms with Crippen LogP contribution in [0.3, 0.4) is 0 Å². The summed E-state index contributed by atoms with van der Waals surface area (Å²) in [4.78, 5) is 11.9. The smallest absolute Gasteiger partial charge is 0.309 e. The molecule has 0 bridgehead atoms. The van der Waals surface area contributed by atoms with Crippen LogP contribution in [0, 0.1) is 5.92 Å². The van der Waals surface area contributed by atoms with Crippen LogP contribution < -0.4 is 0 Å². The third kappa shape index (κ3) is 6.97. The number of aromatic hydroxyl groups is 1. The Morgan fingerprint density at radius 3 is 2.18 bits per heavy atom. The zero-order valence-corrected chi connectivity index (χ0v) is 14.6. The average molecular weight is 306 g/mol. The molecule has 1 aromatic rings. The van der Waals surface area contributed by atoms with E-state index in [0.717, 1.165) is 25.7 Å². The first kappa shape index (κ1) is 18.5. The van der Waals surface area contributed by atoms with Gasteiger partial charge >= 0.3 is 5.97 Å². The van der Waals surface area contributed by atoms with Crippen molar-refractivity contribution in [2.75, 3.05) is 0 Å². The molecule has 1 rings (SSSR count). The van der Waals surface area contributed by atoms with E-state index in [-0.39, 0.29) is 11.9 Å². The van der Waals surface area contributed by atoms with E-state index in [1.165, 1.54) is 5.56 Å². The van der Waals surface area contributed by atoms with Gasteiger partial charge in [-0.1, -0.05) is 38.8 Å². The van der Waals surface area contributed by atoms with Gasteiger partial charge in [0.25, 0.3) is 0 Å². The van der Waals surface area contributed by atoms with Gasteiger partial charge in [0, 0.05) is 0 Å². The Morgan fingerprint density at radius 1 is 1.09 bits per heavy atom. The maximum Gasteiger partial charge on any atom is 0.309 e. The number of rotatable bonds is 7. The van der Waals surface area contributed by atoms with Crippen LogP contribution in [0.25, 0.3) is 0 Å². The summed E-state index contributed by atoms with van der Waals surface area (Å²) < 4.78 is 5.40. The van der Waals surface area contributed by atoms with Crippen molar-refractivity contribution in [2.24, 2.45) is 5.92 Å². The van der Waals surface area contributed by atoms with Crippen LogP contribution in [0.5, 0.6) is 5.75 Å². The van der Waals surface area contributed by atoms with Gasteiger partial charge in [0.1, 0.15) is 11.4 Å². The highest BCUT2D eigenvalue weighted by Crippen LogP contribution is 2.24. The predicted molar refractivity (Wildman–Crippen MR) is 90.0 cm³/mol. The first-order chi connectivity index (χ1) is 10.2. The number of hydrogen-bond donors (Lipinski definition) is 1. The minimum absolute atomic E-state index is 0.0387. The Bertz CT molecular complexity index is 457. The minimum Gasteiger partial charge on any atom is -0.508 e. The third-order valence-electron chi connectivity index (χ3n) is 3.80. The Labute approximate surface area is 134 Å². The molecular formula is C19H30O3. The van der Waals surface area contributed by atoms with E-state index >= 15 is 0 Å². The Morgan fingerprint density at radius 2 is 1.64 bits per heavy atom. The van der Waals surface area contributed by atoms with Crippen molar-refractivity contribution in [1.82, 2.24) is 0 Å². The number of phenols is 1. The second kappa shape index (κ2) is 8.21. The molecule has 0 fully saturated rings. The van der Waals surface area contributed by atoms with Gasteiger partial charge in [0.2, 0.25) is 0 Å². The average Bonchev–Trinajstić information content (AvgIpc) is 2.42. The number of ether oxygens (including phenoxy) is 1. The molecule has 0 aliphatic heterocycles. The maximum absolute atomic E-state index is 11.9. The van der Waals surface area contributed by atoms with E-state index in [0.29, 0.717) is 11.7 Å². The lowest BCUT2D eigenvalue weighted by Gasteiger charge is -2.22. The fraction of sp³-hybridized carbons (Fsp3) is 0.632. The number of unbranched alkanes of at least 4 members (excludes halogenated alkanes) is 1. The van der Waals surface area contributed by atoms with E-state index in [1.807, 2.05) is 39.8 Å². The summed E-state index contributed by atoms with van der Waals surface area (Å²) in [5.74, 6) is 0.641. The Kier molecular flexibility index (Phi) is 6.92.